The zero-order valence-electron chi connectivity index (χ0n) is 11.2. The van der Waals surface area contributed by atoms with Gasteiger partial charge in [0.2, 0.25) is 5.76 Å². The van der Waals surface area contributed by atoms with Gasteiger partial charge in [-0.25, -0.2) is 4.79 Å². The van der Waals surface area contributed by atoms with Gasteiger partial charge in [0.25, 0.3) is 5.91 Å². The Morgan fingerprint density at radius 1 is 1.37 bits per heavy atom. The van der Waals surface area contributed by atoms with Crippen LogP contribution in [0.3, 0.4) is 0 Å². The first-order valence-electron chi connectivity index (χ1n) is 6.53. The van der Waals surface area contributed by atoms with E-state index < -0.39 is 5.97 Å². The van der Waals surface area contributed by atoms with E-state index in [0.29, 0.717) is 12.5 Å². The Labute approximate surface area is 112 Å². The molecule has 0 bridgehead atoms. The summed E-state index contributed by atoms with van der Waals surface area (Å²) in [4.78, 5) is 22.5. The molecule has 1 heterocycles. The van der Waals surface area contributed by atoms with Gasteiger partial charge in [-0.3, -0.25) is 4.79 Å². The SMILES string of the molecule is CC(C)CC1(CNC(=O)c2ccc(C(=O)O)o2)CC1. The normalized spacial score (nSPS) is 16.4. The largest absolute Gasteiger partial charge is 0.475 e. The average Bonchev–Trinajstić information content (AvgIpc) is 2.91. The minimum atomic E-state index is -1.17. The van der Waals surface area contributed by atoms with Gasteiger partial charge >= 0.3 is 5.97 Å². The van der Waals surface area contributed by atoms with Crippen molar-refractivity contribution in [3.8, 4) is 0 Å². The first kappa shape index (κ1) is 13.6. The molecule has 0 radical (unpaired) electrons. The molecule has 1 amide bonds. The van der Waals surface area contributed by atoms with Crippen molar-refractivity contribution < 1.29 is 19.1 Å². The van der Waals surface area contributed by atoms with Crippen molar-refractivity contribution >= 4 is 11.9 Å². The number of carbonyl (C=O) groups is 2. The fourth-order valence-electron chi connectivity index (χ4n) is 2.43. The first-order chi connectivity index (χ1) is 8.92. The molecular weight excluding hydrogens is 246 g/mol. The van der Waals surface area contributed by atoms with E-state index in [9.17, 15) is 9.59 Å². The van der Waals surface area contributed by atoms with Crippen molar-refractivity contribution in [1.82, 2.24) is 5.32 Å². The van der Waals surface area contributed by atoms with Gasteiger partial charge in [-0.05, 0) is 42.7 Å². The first-order valence-corrected chi connectivity index (χ1v) is 6.53. The van der Waals surface area contributed by atoms with Crippen LogP contribution in [0, 0.1) is 11.3 Å². The molecule has 1 aromatic rings. The van der Waals surface area contributed by atoms with Crippen LogP contribution in [0.15, 0.2) is 16.5 Å². The molecule has 1 aromatic heterocycles. The van der Waals surface area contributed by atoms with E-state index in [1.165, 1.54) is 12.1 Å². The number of amides is 1. The van der Waals surface area contributed by atoms with E-state index in [4.69, 9.17) is 9.52 Å². The zero-order valence-corrected chi connectivity index (χ0v) is 11.2. The van der Waals surface area contributed by atoms with Crippen molar-refractivity contribution in [1.29, 1.82) is 0 Å². The van der Waals surface area contributed by atoms with E-state index in [1.807, 2.05) is 0 Å². The second-order valence-corrected chi connectivity index (χ2v) is 5.75. The van der Waals surface area contributed by atoms with Crippen molar-refractivity contribution in [2.45, 2.75) is 33.1 Å². The summed E-state index contributed by atoms with van der Waals surface area (Å²) in [6.45, 7) is 4.98. The van der Waals surface area contributed by atoms with Crippen molar-refractivity contribution in [3.63, 3.8) is 0 Å². The van der Waals surface area contributed by atoms with Gasteiger partial charge < -0.3 is 14.8 Å². The number of carboxylic acids is 1. The van der Waals surface area contributed by atoms with Crippen LogP contribution < -0.4 is 5.32 Å². The predicted octanol–water partition coefficient (Wildman–Crippen LogP) is 2.53. The average molecular weight is 265 g/mol. The third-order valence-electron chi connectivity index (χ3n) is 3.46. The quantitative estimate of drug-likeness (QED) is 0.828. The van der Waals surface area contributed by atoms with E-state index in [0.717, 1.165) is 19.3 Å². The lowest BCUT2D eigenvalue weighted by Crippen LogP contribution is -2.30. The molecular formula is C14H19NO4. The van der Waals surface area contributed by atoms with Crippen LogP contribution >= 0.6 is 0 Å². The van der Waals surface area contributed by atoms with Crippen molar-refractivity contribution in [2.75, 3.05) is 6.54 Å². The molecule has 2 rings (SSSR count). The number of nitrogens with one attached hydrogen (secondary N) is 1. The smallest absolute Gasteiger partial charge is 0.371 e. The second-order valence-electron chi connectivity index (χ2n) is 5.75. The van der Waals surface area contributed by atoms with Crippen LogP contribution in [0.4, 0.5) is 0 Å². The summed E-state index contributed by atoms with van der Waals surface area (Å²) < 4.78 is 4.96. The monoisotopic (exact) mass is 265 g/mol. The predicted molar refractivity (Wildman–Crippen MR) is 69.1 cm³/mol. The molecule has 2 N–H and O–H groups in total. The van der Waals surface area contributed by atoms with Crippen LogP contribution in [0.2, 0.25) is 0 Å². The van der Waals surface area contributed by atoms with E-state index in [1.54, 1.807) is 0 Å². The summed E-state index contributed by atoms with van der Waals surface area (Å²) in [5.41, 5.74) is 0.242. The minimum Gasteiger partial charge on any atom is -0.475 e. The van der Waals surface area contributed by atoms with Gasteiger partial charge in [-0.2, -0.15) is 0 Å². The summed E-state index contributed by atoms with van der Waals surface area (Å²) >= 11 is 0. The minimum absolute atomic E-state index is 0.0535. The molecule has 0 atom stereocenters. The molecule has 19 heavy (non-hydrogen) atoms. The fraction of sp³-hybridized carbons (Fsp3) is 0.571. The Hall–Kier alpha value is -1.78. The maximum absolute atomic E-state index is 11.8. The Morgan fingerprint density at radius 3 is 2.47 bits per heavy atom. The summed E-state index contributed by atoms with van der Waals surface area (Å²) in [7, 11) is 0. The Balaban J connectivity index is 1.89. The molecule has 104 valence electrons. The highest BCUT2D eigenvalue weighted by Crippen LogP contribution is 2.50. The van der Waals surface area contributed by atoms with Gasteiger partial charge in [0.15, 0.2) is 5.76 Å². The lowest BCUT2D eigenvalue weighted by atomic mass is 9.94. The highest BCUT2D eigenvalue weighted by Gasteiger charge is 2.42. The molecule has 5 nitrogen and oxygen atoms in total. The molecule has 5 heteroatoms. The molecule has 0 aliphatic heterocycles. The number of hydrogen-bond acceptors (Lipinski definition) is 3. The molecule has 0 unspecified atom stereocenters. The van der Waals surface area contributed by atoms with E-state index >= 15 is 0 Å². The number of carboxylic acid groups (broad SMARTS) is 1. The summed E-state index contributed by atoms with van der Waals surface area (Å²) in [5, 5.41) is 11.6. The number of furan rings is 1. The highest BCUT2D eigenvalue weighted by molar-refractivity contribution is 5.93. The molecule has 0 saturated heterocycles. The number of carbonyl (C=O) groups excluding carboxylic acids is 1. The van der Waals surface area contributed by atoms with Crippen molar-refractivity contribution in [2.24, 2.45) is 11.3 Å². The van der Waals surface area contributed by atoms with Crippen molar-refractivity contribution in [3.05, 3.63) is 23.7 Å². The number of rotatable bonds is 6. The highest BCUT2D eigenvalue weighted by atomic mass is 16.4. The van der Waals surface area contributed by atoms with Crippen LogP contribution in [-0.4, -0.2) is 23.5 Å². The van der Waals surface area contributed by atoms with Gasteiger partial charge in [-0.1, -0.05) is 13.8 Å². The van der Waals surface area contributed by atoms with Crippen LogP contribution in [0.1, 0.15) is 54.2 Å². The molecule has 1 saturated carbocycles. The molecule has 1 aliphatic rings. The van der Waals surface area contributed by atoms with Gasteiger partial charge in [0.05, 0.1) is 0 Å². The molecule has 1 aliphatic carbocycles. The Morgan fingerprint density at radius 2 is 2.00 bits per heavy atom. The fourth-order valence-corrected chi connectivity index (χ4v) is 2.43. The third-order valence-corrected chi connectivity index (χ3v) is 3.46. The lowest BCUT2D eigenvalue weighted by Gasteiger charge is -2.17. The maximum Gasteiger partial charge on any atom is 0.371 e. The third kappa shape index (κ3) is 3.36. The Bertz CT molecular complexity index is 485. The van der Waals surface area contributed by atoms with Gasteiger partial charge in [0, 0.05) is 6.54 Å². The van der Waals surface area contributed by atoms with Crippen LogP contribution in [-0.2, 0) is 0 Å². The van der Waals surface area contributed by atoms with Crippen LogP contribution in [0.5, 0.6) is 0 Å². The molecule has 0 aromatic carbocycles. The number of hydrogen-bond donors (Lipinski definition) is 2. The number of aromatic carboxylic acids is 1. The standard InChI is InChI=1S/C14H19NO4/c1-9(2)7-14(5-6-14)8-15-12(16)10-3-4-11(19-10)13(17)18/h3-4,9H,5-8H2,1-2H3,(H,15,16)(H,17,18). The van der Waals surface area contributed by atoms with E-state index in [2.05, 4.69) is 19.2 Å². The summed E-state index contributed by atoms with van der Waals surface area (Å²) in [6, 6.07) is 2.68. The lowest BCUT2D eigenvalue weighted by molar-refractivity contribution is 0.0659. The second kappa shape index (κ2) is 5.07. The topological polar surface area (TPSA) is 79.5 Å². The van der Waals surface area contributed by atoms with Gasteiger partial charge in [-0.15, -0.1) is 0 Å². The molecule has 1 fully saturated rings. The van der Waals surface area contributed by atoms with Gasteiger partial charge in [0.1, 0.15) is 0 Å². The Kier molecular flexibility index (Phi) is 3.64. The maximum atomic E-state index is 11.8. The van der Waals surface area contributed by atoms with Crippen LogP contribution in [0.25, 0.3) is 0 Å². The zero-order chi connectivity index (χ0) is 14.0. The molecule has 0 spiro atoms. The van der Waals surface area contributed by atoms with E-state index in [-0.39, 0.29) is 22.8 Å². The summed E-state index contributed by atoms with van der Waals surface area (Å²) in [5.74, 6) is -1.06. The summed E-state index contributed by atoms with van der Waals surface area (Å²) in [6.07, 6.45) is 3.39.